The first kappa shape index (κ1) is 10.5. The van der Waals surface area contributed by atoms with Gasteiger partial charge in [0, 0.05) is 11.7 Å². The quantitative estimate of drug-likeness (QED) is 0.372. The van der Waals surface area contributed by atoms with E-state index < -0.39 is 5.97 Å². The van der Waals surface area contributed by atoms with Crippen molar-refractivity contribution in [2.24, 2.45) is 5.16 Å². The van der Waals surface area contributed by atoms with Crippen LogP contribution >= 0.6 is 11.8 Å². The molecule has 0 heterocycles. The Bertz CT molecular complexity index is 166. The van der Waals surface area contributed by atoms with E-state index in [0.717, 1.165) is 0 Å². The topological polar surface area (TPSA) is 38.7 Å². The molecular formula is C7H13NO2S. The summed E-state index contributed by atoms with van der Waals surface area (Å²) in [5, 5.41) is 3.52. The van der Waals surface area contributed by atoms with Crippen molar-refractivity contribution in [2.75, 3.05) is 6.26 Å². The molecule has 4 heteroatoms. The standard InChI is InChI=1S/C7H13NO2S/c1-6(9)10-8-5-7(2,3)11-4/h5H,1-4H3/b8-5+. The smallest absolute Gasteiger partial charge is 0.319 e. The lowest BCUT2D eigenvalue weighted by Crippen LogP contribution is -2.15. The number of hydrogen-bond acceptors (Lipinski definition) is 4. The molecule has 0 aliphatic rings. The Kier molecular flexibility index (Phi) is 4.18. The molecule has 0 radical (unpaired) electrons. The molecule has 0 atom stereocenters. The number of carbonyl (C=O) groups excluding carboxylic acids is 1. The fraction of sp³-hybridized carbons (Fsp3) is 0.714. The third-order valence-electron chi connectivity index (χ3n) is 1.07. The molecule has 0 aliphatic heterocycles. The minimum absolute atomic E-state index is 0.0740. The van der Waals surface area contributed by atoms with E-state index in [1.807, 2.05) is 20.1 Å². The van der Waals surface area contributed by atoms with Gasteiger partial charge < -0.3 is 4.84 Å². The zero-order chi connectivity index (χ0) is 8.91. The predicted molar refractivity (Wildman–Crippen MR) is 47.9 cm³/mol. The number of oxime groups is 1. The molecule has 0 aromatic heterocycles. The highest BCUT2D eigenvalue weighted by Crippen LogP contribution is 2.17. The normalized spacial score (nSPS) is 12.0. The number of carbonyl (C=O) groups is 1. The van der Waals surface area contributed by atoms with Crippen LogP contribution in [0.3, 0.4) is 0 Å². The number of nitrogens with zero attached hydrogens (tertiary/aromatic N) is 1. The molecule has 0 saturated carbocycles. The first-order chi connectivity index (χ1) is 4.98. The van der Waals surface area contributed by atoms with Crippen molar-refractivity contribution in [1.82, 2.24) is 0 Å². The van der Waals surface area contributed by atoms with Gasteiger partial charge >= 0.3 is 5.97 Å². The highest BCUT2D eigenvalue weighted by Gasteiger charge is 2.12. The number of thioether (sulfide) groups is 1. The van der Waals surface area contributed by atoms with Gasteiger partial charge in [-0.3, -0.25) is 0 Å². The fourth-order valence-corrected chi connectivity index (χ4v) is 0.429. The summed E-state index contributed by atoms with van der Waals surface area (Å²) in [7, 11) is 0. The van der Waals surface area contributed by atoms with Crippen molar-refractivity contribution in [3.05, 3.63) is 0 Å². The molecule has 0 unspecified atom stereocenters. The van der Waals surface area contributed by atoms with E-state index in [2.05, 4.69) is 9.99 Å². The van der Waals surface area contributed by atoms with Crippen molar-refractivity contribution in [3.8, 4) is 0 Å². The van der Waals surface area contributed by atoms with Gasteiger partial charge in [0.1, 0.15) is 0 Å². The van der Waals surface area contributed by atoms with Gasteiger partial charge in [0.2, 0.25) is 0 Å². The van der Waals surface area contributed by atoms with E-state index in [1.54, 1.807) is 18.0 Å². The monoisotopic (exact) mass is 175 g/mol. The highest BCUT2D eigenvalue weighted by atomic mass is 32.2. The van der Waals surface area contributed by atoms with Gasteiger partial charge in [-0.15, -0.1) is 0 Å². The van der Waals surface area contributed by atoms with Gasteiger partial charge in [0.15, 0.2) is 0 Å². The van der Waals surface area contributed by atoms with Crippen LogP contribution in [-0.2, 0) is 9.63 Å². The molecule has 3 nitrogen and oxygen atoms in total. The second-order valence-electron chi connectivity index (χ2n) is 2.62. The molecule has 0 aromatic carbocycles. The highest BCUT2D eigenvalue weighted by molar-refractivity contribution is 8.00. The summed E-state index contributed by atoms with van der Waals surface area (Å²) in [5.74, 6) is -0.391. The van der Waals surface area contributed by atoms with Crippen molar-refractivity contribution in [2.45, 2.75) is 25.5 Å². The van der Waals surface area contributed by atoms with Crippen molar-refractivity contribution in [3.63, 3.8) is 0 Å². The fourth-order valence-electron chi connectivity index (χ4n) is 0.280. The summed E-state index contributed by atoms with van der Waals surface area (Å²) in [6.45, 7) is 5.30. The second kappa shape index (κ2) is 4.38. The van der Waals surface area contributed by atoms with Gasteiger partial charge in [-0.05, 0) is 20.1 Å². The van der Waals surface area contributed by atoms with Gasteiger partial charge in [0.25, 0.3) is 0 Å². The Balaban J connectivity index is 3.82. The Hall–Kier alpha value is -0.510. The first-order valence-electron chi connectivity index (χ1n) is 3.25. The molecule has 0 fully saturated rings. The van der Waals surface area contributed by atoms with Crippen LogP contribution in [-0.4, -0.2) is 23.2 Å². The molecule has 64 valence electrons. The minimum Gasteiger partial charge on any atom is -0.319 e. The molecule has 0 aliphatic carbocycles. The average molecular weight is 175 g/mol. The Morgan fingerprint density at radius 2 is 2.18 bits per heavy atom. The van der Waals surface area contributed by atoms with Crippen LogP contribution in [0.25, 0.3) is 0 Å². The van der Waals surface area contributed by atoms with Crippen LogP contribution < -0.4 is 0 Å². The minimum atomic E-state index is -0.391. The van der Waals surface area contributed by atoms with E-state index in [4.69, 9.17) is 0 Å². The predicted octanol–water partition coefficient (Wildman–Crippen LogP) is 1.68. The SMILES string of the molecule is CSC(C)(C)/C=N/OC(C)=O. The van der Waals surface area contributed by atoms with Gasteiger partial charge in [-0.25, -0.2) is 4.79 Å². The van der Waals surface area contributed by atoms with E-state index >= 15 is 0 Å². The largest absolute Gasteiger partial charge is 0.331 e. The molecule has 0 saturated heterocycles. The maximum atomic E-state index is 10.3. The molecular weight excluding hydrogens is 162 g/mol. The molecule has 0 aromatic rings. The third-order valence-corrected chi connectivity index (χ3v) is 2.23. The van der Waals surface area contributed by atoms with Gasteiger partial charge in [-0.1, -0.05) is 5.16 Å². The molecule has 0 bridgehead atoms. The van der Waals surface area contributed by atoms with Crippen LogP contribution in [0.15, 0.2) is 5.16 Å². The summed E-state index contributed by atoms with van der Waals surface area (Å²) in [5.41, 5.74) is 0. The lowest BCUT2D eigenvalue weighted by molar-refractivity contribution is -0.140. The van der Waals surface area contributed by atoms with E-state index in [0.29, 0.717) is 0 Å². The van der Waals surface area contributed by atoms with Crippen molar-refractivity contribution in [1.29, 1.82) is 0 Å². The number of hydrogen-bond donors (Lipinski definition) is 0. The summed E-state index contributed by atoms with van der Waals surface area (Å²) in [6, 6.07) is 0. The van der Waals surface area contributed by atoms with Crippen LogP contribution in [0.4, 0.5) is 0 Å². The lowest BCUT2D eigenvalue weighted by atomic mass is 10.2. The van der Waals surface area contributed by atoms with Crippen LogP contribution in [0, 0.1) is 0 Å². The van der Waals surface area contributed by atoms with Gasteiger partial charge in [0.05, 0.1) is 6.21 Å². The maximum absolute atomic E-state index is 10.3. The summed E-state index contributed by atoms with van der Waals surface area (Å²) >= 11 is 1.64. The van der Waals surface area contributed by atoms with E-state index in [-0.39, 0.29) is 4.75 Å². The van der Waals surface area contributed by atoms with E-state index in [1.165, 1.54) is 6.92 Å². The molecule has 0 N–H and O–H groups in total. The summed E-state index contributed by atoms with van der Waals surface area (Å²) < 4.78 is -0.0740. The molecule has 0 amide bonds. The third kappa shape index (κ3) is 5.91. The summed E-state index contributed by atoms with van der Waals surface area (Å²) in [4.78, 5) is 14.7. The molecule has 0 spiro atoms. The molecule has 11 heavy (non-hydrogen) atoms. The van der Waals surface area contributed by atoms with Crippen LogP contribution in [0.2, 0.25) is 0 Å². The van der Waals surface area contributed by atoms with Crippen molar-refractivity contribution >= 4 is 23.9 Å². The van der Waals surface area contributed by atoms with Gasteiger partial charge in [-0.2, -0.15) is 11.8 Å². The summed E-state index contributed by atoms with van der Waals surface area (Å²) in [6.07, 6.45) is 3.58. The van der Waals surface area contributed by atoms with Crippen LogP contribution in [0.5, 0.6) is 0 Å². The number of rotatable bonds is 3. The van der Waals surface area contributed by atoms with Crippen LogP contribution in [0.1, 0.15) is 20.8 Å². The van der Waals surface area contributed by atoms with Crippen molar-refractivity contribution < 1.29 is 9.63 Å². The Labute approximate surface area is 71.2 Å². The first-order valence-corrected chi connectivity index (χ1v) is 4.47. The second-order valence-corrected chi connectivity index (χ2v) is 4.09. The Morgan fingerprint density at radius 1 is 1.64 bits per heavy atom. The lowest BCUT2D eigenvalue weighted by Gasteiger charge is -2.13. The Morgan fingerprint density at radius 3 is 2.55 bits per heavy atom. The zero-order valence-corrected chi connectivity index (χ0v) is 8.07. The average Bonchev–Trinajstić information content (AvgIpc) is 1.87. The zero-order valence-electron chi connectivity index (χ0n) is 7.25. The molecule has 0 rings (SSSR count). The van der Waals surface area contributed by atoms with E-state index in [9.17, 15) is 4.79 Å². The maximum Gasteiger partial charge on any atom is 0.331 e.